The van der Waals surface area contributed by atoms with Crippen molar-refractivity contribution in [3.8, 4) is 11.5 Å². The van der Waals surface area contributed by atoms with Crippen molar-refractivity contribution in [1.29, 1.82) is 0 Å². The molecule has 0 unspecified atom stereocenters. The molecule has 4 aromatic rings. The van der Waals surface area contributed by atoms with Crippen LogP contribution in [-0.2, 0) is 13.0 Å². The van der Waals surface area contributed by atoms with Crippen LogP contribution in [-0.4, -0.2) is 12.5 Å². The SMILES string of the molecule is O=C(Nc1ccc(Oc2ccccc2)cc1)c1ccc(CN2CCCc3ccccc32)cc1. The first-order valence-electron chi connectivity index (χ1n) is 11.3. The second-order valence-corrected chi connectivity index (χ2v) is 8.24. The third-order valence-corrected chi connectivity index (χ3v) is 5.89. The topological polar surface area (TPSA) is 41.6 Å². The van der Waals surface area contributed by atoms with E-state index in [1.165, 1.54) is 23.2 Å². The zero-order chi connectivity index (χ0) is 22.5. The number of anilines is 2. The van der Waals surface area contributed by atoms with E-state index >= 15 is 0 Å². The van der Waals surface area contributed by atoms with Gasteiger partial charge < -0.3 is 15.0 Å². The van der Waals surface area contributed by atoms with E-state index in [0.29, 0.717) is 5.56 Å². The predicted octanol–water partition coefficient (Wildman–Crippen LogP) is 6.68. The lowest BCUT2D eigenvalue weighted by molar-refractivity contribution is 0.102. The number of amides is 1. The molecule has 0 atom stereocenters. The molecule has 1 aliphatic heterocycles. The summed E-state index contributed by atoms with van der Waals surface area (Å²) in [6, 6.07) is 33.5. The molecule has 4 heteroatoms. The number of aryl methyl sites for hydroxylation is 1. The van der Waals surface area contributed by atoms with Gasteiger partial charge in [-0.25, -0.2) is 0 Å². The van der Waals surface area contributed by atoms with Gasteiger partial charge >= 0.3 is 0 Å². The molecule has 1 amide bonds. The van der Waals surface area contributed by atoms with Gasteiger partial charge in [0.2, 0.25) is 0 Å². The van der Waals surface area contributed by atoms with Crippen LogP contribution in [0.4, 0.5) is 11.4 Å². The van der Waals surface area contributed by atoms with E-state index in [9.17, 15) is 4.79 Å². The van der Waals surface area contributed by atoms with E-state index in [1.807, 2.05) is 78.9 Å². The highest BCUT2D eigenvalue weighted by Crippen LogP contribution is 2.28. The first kappa shape index (κ1) is 20.8. The number of ether oxygens (including phenoxy) is 1. The minimum Gasteiger partial charge on any atom is -0.457 e. The fraction of sp³-hybridized carbons (Fsp3) is 0.138. The maximum atomic E-state index is 12.7. The van der Waals surface area contributed by atoms with Crippen molar-refractivity contribution in [2.45, 2.75) is 19.4 Å². The highest BCUT2D eigenvalue weighted by molar-refractivity contribution is 6.04. The van der Waals surface area contributed by atoms with Crippen LogP contribution >= 0.6 is 0 Å². The Labute approximate surface area is 194 Å². The number of fused-ring (bicyclic) bond motifs is 1. The van der Waals surface area contributed by atoms with E-state index < -0.39 is 0 Å². The number of rotatable bonds is 6. The molecule has 1 N–H and O–H groups in total. The van der Waals surface area contributed by atoms with Gasteiger partial charge in [-0.05, 0) is 78.6 Å². The van der Waals surface area contributed by atoms with Crippen LogP contribution < -0.4 is 15.0 Å². The van der Waals surface area contributed by atoms with Crippen molar-refractivity contribution in [3.05, 3.63) is 120 Å². The molecule has 0 saturated heterocycles. The Kier molecular flexibility index (Phi) is 6.07. The Morgan fingerprint density at radius 3 is 2.27 bits per heavy atom. The summed E-state index contributed by atoms with van der Waals surface area (Å²) in [4.78, 5) is 15.1. The Morgan fingerprint density at radius 2 is 1.48 bits per heavy atom. The minimum absolute atomic E-state index is 0.124. The molecule has 0 saturated carbocycles. The number of carbonyl (C=O) groups is 1. The molecule has 0 radical (unpaired) electrons. The molecule has 0 fully saturated rings. The number of benzene rings is 4. The summed E-state index contributed by atoms with van der Waals surface area (Å²) in [5.74, 6) is 1.38. The smallest absolute Gasteiger partial charge is 0.255 e. The number of hydrogen-bond donors (Lipinski definition) is 1. The van der Waals surface area contributed by atoms with E-state index in [0.717, 1.165) is 36.7 Å². The summed E-state index contributed by atoms with van der Waals surface area (Å²) in [7, 11) is 0. The molecule has 4 nitrogen and oxygen atoms in total. The van der Waals surface area contributed by atoms with Gasteiger partial charge in [-0.15, -0.1) is 0 Å². The number of nitrogens with one attached hydrogen (secondary N) is 1. The van der Waals surface area contributed by atoms with Gasteiger partial charge in [0.05, 0.1) is 0 Å². The summed E-state index contributed by atoms with van der Waals surface area (Å²) in [5, 5.41) is 2.96. The lowest BCUT2D eigenvalue weighted by Crippen LogP contribution is -2.28. The summed E-state index contributed by atoms with van der Waals surface area (Å²) >= 11 is 0. The maximum absolute atomic E-state index is 12.7. The van der Waals surface area contributed by atoms with E-state index in [4.69, 9.17) is 4.74 Å². The molecular weight excluding hydrogens is 408 g/mol. The molecule has 164 valence electrons. The number of para-hydroxylation sites is 2. The summed E-state index contributed by atoms with van der Waals surface area (Å²) in [6.07, 6.45) is 2.32. The van der Waals surface area contributed by atoms with Crippen molar-refractivity contribution in [3.63, 3.8) is 0 Å². The molecule has 0 aliphatic carbocycles. The molecule has 5 rings (SSSR count). The quantitative estimate of drug-likeness (QED) is 0.368. The molecule has 0 spiro atoms. The zero-order valence-electron chi connectivity index (χ0n) is 18.4. The summed E-state index contributed by atoms with van der Waals surface area (Å²) in [6.45, 7) is 1.91. The average molecular weight is 435 g/mol. The third kappa shape index (κ3) is 5.07. The Morgan fingerprint density at radius 1 is 0.788 bits per heavy atom. The van der Waals surface area contributed by atoms with Gasteiger partial charge in [0.25, 0.3) is 5.91 Å². The second-order valence-electron chi connectivity index (χ2n) is 8.24. The highest BCUT2D eigenvalue weighted by Gasteiger charge is 2.16. The molecule has 4 aromatic carbocycles. The fourth-order valence-corrected chi connectivity index (χ4v) is 4.19. The normalized spacial score (nSPS) is 12.7. The second kappa shape index (κ2) is 9.61. The van der Waals surface area contributed by atoms with E-state index in [1.54, 1.807) is 0 Å². The Hall–Kier alpha value is -4.05. The van der Waals surface area contributed by atoms with Crippen LogP contribution in [0.3, 0.4) is 0 Å². The first-order valence-corrected chi connectivity index (χ1v) is 11.3. The van der Waals surface area contributed by atoms with Crippen LogP contribution in [0.2, 0.25) is 0 Å². The number of carbonyl (C=O) groups excluding carboxylic acids is 1. The van der Waals surface area contributed by atoms with Gasteiger partial charge in [0.15, 0.2) is 0 Å². The standard InChI is InChI=1S/C29H26N2O2/c32-29(30-25-16-18-27(19-17-25)33-26-9-2-1-3-10-26)24-14-12-22(13-15-24)21-31-20-6-8-23-7-4-5-11-28(23)31/h1-5,7,9-19H,6,8,20-21H2,(H,30,32). The third-order valence-electron chi connectivity index (χ3n) is 5.89. The predicted molar refractivity (Wildman–Crippen MR) is 133 cm³/mol. The molecule has 1 aliphatic rings. The Bertz CT molecular complexity index is 1220. The van der Waals surface area contributed by atoms with E-state index in [-0.39, 0.29) is 5.91 Å². The average Bonchev–Trinajstić information content (AvgIpc) is 2.86. The van der Waals surface area contributed by atoms with Crippen LogP contribution in [0, 0.1) is 0 Å². The Balaban J connectivity index is 1.20. The minimum atomic E-state index is -0.124. The molecule has 0 bridgehead atoms. The molecule has 0 aromatic heterocycles. The van der Waals surface area contributed by atoms with Crippen molar-refractivity contribution >= 4 is 17.3 Å². The monoisotopic (exact) mass is 434 g/mol. The number of nitrogens with zero attached hydrogens (tertiary/aromatic N) is 1. The van der Waals surface area contributed by atoms with Crippen LogP contribution in [0.1, 0.15) is 27.9 Å². The van der Waals surface area contributed by atoms with Crippen LogP contribution in [0.5, 0.6) is 11.5 Å². The first-order chi connectivity index (χ1) is 16.2. The van der Waals surface area contributed by atoms with E-state index in [2.05, 4.69) is 34.5 Å². The summed E-state index contributed by atoms with van der Waals surface area (Å²) < 4.78 is 5.80. The van der Waals surface area contributed by atoms with Gasteiger partial charge in [-0.2, -0.15) is 0 Å². The van der Waals surface area contributed by atoms with Crippen molar-refractivity contribution in [2.24, 2.45) is 0 Å². The molecule has 1 heterocycles. The van der Waals surface area contributed by atoms with Crippen molar-refractivity contribution < 1.29 is 9.53 Å². The maximum Gasteiger partial charge on any atom is 0.255 e. The lowest BCUT2D eigenvalue weighted by Gasteiger charge is -2.31. The lowest BCUT2D eigenvalue weighted by atomic mass is 10.0. The van der Waals surface area contributed by atoms with Gasteiger partial charge in [-0.3, -0.25) is 4.79 Å². The summed E-state index contributed by atoms with van der Waals surface area (Å²) in [5.41, 5.74) is 5.31. The zero-order valence-corrected chi connectivity index (χ0v) is 18.4. The fourth-order valence-electron chi connectivity index (χ4n) is 4.19. The van der Waals surface area contributed by atoms with Gasteiger partial charge in [0.1, 0.15) is 11.5 Å². The molecular formula is C29H26N2O2. The van der Waals surface area contributed by atoms with Crippen LogP contribution in [0.25, 0.3) is 0 Å². The van der Waals surface area contributed by atoms with Crippen molar-refractivity contribution in [1.82, 2.24) is 0 Å². The van der Waals surface area contributed by atoms with Gasteiger partial charge in [-0.1, -0.05) is 48.5 Å². The number of hydrogen-bond acceptors (Lipinski definition) is 3. The highest BCUT2D eigenvalue weighted by atomic mass is 16.5. The molecule has 33 heavy (non-hydrogen) atoms. The van der Waals surface area contributed by atoms with Gasteiger partial charge in [0, 0.05) is 30.0 Å². The van der Waals surface area contributed by atoms with Crippen molar-refractivity contribution in [2.75, 3.05) is 16.8 Å². The largest absolute Gasteiger partial charge is 0.457 e. The van der Waals surface area contributed by atoms with Crippen LogP contribution in [0.15, 0.2) is 103 Å².